The summed E-state index contributed by atoms with van der Waals surface area (Å²) in [6.45, 7) is 6.82. The third-order valence-corrected chi connectivity index (χ3v) is 4.27. The van der Waals surface area contributed by atoms with Crippen LogP contribution in [-0.2, 0) is 6.42 Å². The smallest absolute Gasteiger partial charge is 0.0931 e. The summed E-state index contributed by atoms with van der Waals surface area (Å²) in [6.07, 6.45) is 1.12. The lowest BCUT2D eigenvalue weighted by atomic mass is 9.86. The van der Waals surface area contributed by atoms with Gasteiger partial charge in [0.2, 0.25) is 0 Å². The van der Waals surface area contributed by atoms with Crippen LogP contribution < -0.4 is 5.32 Å². The van der Waals surface area contributed by atoms with Crippen molar-refractivity contribution in [3.63, 3.8) is 0 Å². The quantitative estimate of drug-likeness (QED) is 0.832. The van der Waals surface area contributed by atoms with E-state index in [1.165, 1.54) is 4.88 Å². The summed E-state index contributed by atoms with van der Waals surface area (Å²) in [5.74, 6) is 1.36. The van der Waals surface area contributed by atoms with Gasteiger partial charge in [-0.15, -0.1) is 11.3 Å². The Morgan fingerprint density at radius 3 is 2.40 bits per heavy atom. The standard InChI is InChI=1S/C12H20ClNS/c1-8(2)11(9(3)14-4)7-10-5-6-12(13)15-10/h5-6,8-9,11,14H,7H2,1-4H3. The first-order chi connectivity index (χ1) is 7.04. The number of hydrogen-bond acceptors (Lipinski definition) is 2. The number of thiophene rings is 1. The highest BCUT2D eigenvalue weighted by Gasteiger charge is 2.20. The molecule has 1 aromatic rings. The summed E-state index contributed by atoms with van der Waals surface area (Å²) in [4.78, 5) is 1.39. The second-order valence-corrected chi connectivity index (χ2v) is 6.19. The van der Waals surface area contributed by atoms with Crippen LogP contribution in [0.15, 0.2) is 12.1 Å². The predicted molar refractivity (Wildman–Crippen MR) is 69.9 cm³/mol. The van der Waals surface area contributed by atoms with Crippen molar-refractivity contribution in [3.8, 4) is 0 Å². The van der Waals surface area contributed by atoms with Crippen LogP contribution in [0.4, 0.5) is 0 Å². The summed E-state index contributed by atoms with van der Waals surface area (Å²) in [6, 6.07) is 4.68. The van der Waals surface area contributed by atoms with Crippen molar-refractivity contribution in [2.45, 2.75) is 33.2 Å². The number of nitrogens with one attached hydrogen (secondary N) is 1. The Kier molecular flexibility index (Phi) is 5.10. The first kappa shape index (κ1) is 13.0. The van der Waals surface area contributed by atoms with E-state index in [0.717, 1.165) is 10.8 Å². The monoisotopic (exact) mass is 245 g/mol. The molecule has 0 saturated carbocycles. The van der Waals surface area contributed by atoms with Crippen LogP contribution in [0.3, 0.4) is 0 Å². The molecule has 0 spiro atoms. The second-order valence-electron chi connectivity index (χ2n) is 4.40. The van der Waals surface area contributed by atoms with Gasteiger partial charge >= 0.3 is 0 Å². The zero-order valence-corrected chi connectivity index (χ0v) is 11.5. The average molecular weight is 246 g/mol. The van der Waals surface area contributed by atoms with Gasteiger partial charge in [0.1, 0.15) is 0 Å². The fraction of sp³-hybridized carbons (Fsp3) is 0.667. The highest BCUT2D eigenvalue weighted by Crippen LogP contribution is 2.27. The molecule has 1 heterocycles. The first-order valence-corrected chi connectivity index (χ1v) is 6.65. The normalized spacial score (nSPS) is 15.6. The maximum atomic E-state index is 5.94. The molecule has 0 radical (unpaired) electrons. The van der Waals surface area contributed by atoms with Crippen LogP contribution in [-0.4, -0.2) is 13.1 Å². The maximum absolute atomic E-state index is 5.94. The molecule has 0 aromatic carbocycles. The maximum Gasteiger partial charge on any atom is 0.0931 e. The Labute approximate surface area is 102 Å². The van der Waals surface area contributed by atoms with Gasteiger partial charge in [-0.3, -0.25) is 0 Å². The molecule has 0 fully saturated rings. The van der Waals surface area contributed by atoms with Crippen molar-refractivity contribution in [1.82, 2.24) is 5.32 Å². The van der Waals surface area contributed by atoms with E-state index in [9.17, 15) is 0 Å². The molecule has 0 aliphatic rings. The van der Waals surface area contributed by atoms with Gasteiger partial charge in [-0.1, -0.05) is 25.4 Å². The first-order valence-electron chi connectivity index (χ1n) is 5.46. The Morgan fingerprint density at radius 2 is 2.00 bits per heavy atom. The van der Waals surface area contributed by atoms with Gasteiger partial charge in [0.15, 0.2) is 0 Å². The van der Waals surface area contributed by atoms with Crippen LogP contribution in [0.2, 0.25) is 4.34 Å². The van der Waals surface area contributed by atoms with E-state index in [2.05, 4.69) is 32.2 Å². The summed E-state index contributed by atoms with van der Waals surface area (Å²) in [5.41, 5.74) is 0. The Hall–Kier alpha value is -0.0500. The molecule has 3 heteroatoms. The van der Waals surface area contributed by atoms with Gasteiger partial charge in [0, 0.05) is 10.9 Å². The SMILES string of the molecule is CNC(C)C(Cc1ccc(Cl)s1)C(C)C. The molecule has 2 unspecified atom stereocenters. The van der Waals surface area contributed by atoms with Gasteiger partial charge in [-0.2, -0.15) is 0 Å². The van der Waals surface area contributed by atoms with E-state index < -0.39 is 0 Å². The number of hydrogen-bond donors (Lipinski definition) is 1. The van der Waals surface area contributed by atoms with E-state index in [0.29, 0.717) is 17.9 Å². The Bertz CT molecular complexity index is 296. The highest BCUT2D eigenvalue weighted by atomic mass is 35.5. The van der Waals surface area contributed by atoms with E-state index in [-0.39, 0.29) is 0 Å². The molecule has 0 bridgehead atoms. The minimum Gasteiger partial charge on any atom is -0.317 e. The van der Waals surface area contributed by atoms with Crippen molar-refractivity contribution in [1.29, 1.82) is 0 Å². The third-order valence-electron chi connectivity index (χ3n) is 3.02. The summed E-state index contributed by atoms with van der Waals surface area (Å²) in [5, 5.41) is 3.35. The lowest BCUT2D eigenvalue weighted by Gasteiger charge is -2.26. The van der Waals surface area contributed by atoms with Crippen molar-refractivity contribution in [2.24, 2.45) is 11.8 Å². The topological polar surface area (TPSA) is 12.0 Å². The van der Waals surface area contributed by atoms with Gasteiger partial charge in [0.25, 0.3) is 0 Å². The minimum absolute atomic E-state index is 0.547. The lowest BCUT2D eigenvalue weighted by Crippen LogP contribution is -2.34. The number of halogens is 1. The molecule has 0 aliphatic carbocycles. The molecule has 86 valence electrons. The summed E-state index contributed by atoms with van der Waals surface area (Å²) < 4.78 is 0.893. The molecule has 1 nitrogen and oxygen atoms in total. The molecule has 0 aliphatic heterocycles. The molecular weight excluding hydrogens is 226 g/mol. The fourth-order valence-electron chi connectivity index (χ4n) is 1.90. The summed E-state index contributed by atoms with van der Waals surface area (Å²) in [7, 11) is 2.03. The van der Waals surface area contributed by atoms with Crippen LogP contribution in [0.5, 0.6) is 0 Å². The fourth-order valence-corrected chi connectivity index (χ4v) is 3.06. The van der Waals surface area contributed by atoms with Crippen molar-refractivity contribution in [3.05, 3.63) is 21.3 Å². The van der Waals surface area contributed by atoms with Gasteiger partial charge in [-0.05, 0) is 44.4 Å². The second kappa shape index (κ2) is 5.88. The molecule has 15 heavy (non-hydrogen) atoms. The molecule has 1 aromatic heterocycles. The van der Waals surface area contributed by atoms with Crippen molar-refractivity contribution < 1.29 is 0 Å². The third kappa shape index (κ3) is 3.78. The zero-order valence-electron chi connectivity index (χ0n) is 9.88. The molecule has 0 saturated heterocycles. The molecule has 1 N–H and O–H groups in total. The highest BCUT2D eigenvalue weighted by molar-refractivity contribution is 7.16. The van der Waals surface area contributed by atoms with E-state index in [4.69, 9.17) is 11.6 Å². The predicted octanol–water partition coefficient (Wildman–Crippen LogP) is 3.82. The average Bonchev–Trinajstić information content (AvgIpc) is 2.59. The van der Waals surface area contributed by atoms with Crippen LogP contribution in [0, 0.1) is 11.8 Å². The van der Waals surface area contributed by atoms with Crippen molar-refractivity contribution in [2.75, 3.05) is 7.05 Å². The van der Waals surface area contributed by atoms with E-state index >= 15 is 0 Å². The van der Waals surface area contributed by atoms with Crippen LogP contribution in [0.1, 0.15) is 25.6 Å². The Morgan fingerprint density at radius 1 is 1.33 bits per heavy atom. The van der Waals surface area contributed by atoms with Crippen LogP contribution >= 0.6 is 22.9 Å². The molecule has 1 rings (SSSR count). The minimum atomic E-state index is 0.547. The zero-order chi connectivity index (χ0) is 11.4. The summed E-state index contributed by atoms with van der Waals surface area (Å²) >= 11 is 7.64. The van der Waals surface area contributed by atoms with Crippen molar-refractivity contribution >= 4 is 22.9 Å². The molecular formula is C12H20ClNS. The molecule has 2 atom stereocenters. The largest absolute Gasteiger partial charge is 0.317 e. The number of rotatable bonds is 5. The van der Waals surface area contributed by atoms with E-state index in [1.54, 1.807) is 11.3 Å². The van der Waals surface area contributed by atoms with E-state index in [1.807, 2.05) is 13.1 Å². The Balaban J connectivity index is 2.66. The van der Waals surface area contributed by atoms with Gasteiger partial charge in [-0.25, -0.2) is 0 Å². The van der Waals surface area contributed by atoms with Gasteiger partial charge < -0.3 is 5.32 Å². The molecule has 0 amide bonds. The van der Waals surface area contributed by atoms with Gasteiger partial charge in [0.05, 0.1) is 4.34 Å². The lowest BCUT2D eigenvalue weighted by molar-refractivity contribution is 0.301. The van der Waals surface area contributed by atoms with Crippen LogP contribution in [0.25, 0.3) is 0 Å².